The molecule has 0 bridgehead atoms. The highest BCUT2D eigenvalue weighted by atomic mass is 19.1. The van der Waals surface area contributed by atoms with Gasteiger partial charge < -0.3 is 25.2 Å². The van der Waals surface area contributed by atoms with Crippen LogP contribution in [0.2, 0.25) is 0 Å². The van der Waals surface area contributed by atoms with E-state index in [0.717, 1.165) is 25.7 Å². The molecule has 0 unspecified atom stereocenters. The number of ether oxygens (including phenoxy) is 1. The number of amides is 1. The first-order chi connectivity index (χ1) is 16.7. The largest absolute Gasteiger partial charge is 0.444 e. The second kappa shape index (κ2) is 9.78. The molecule has 0 radical (unpaired) electrons. The number of alkyl carbamates (subject to hydrolysis) is 1. The normalized spacial score (nSPS) is 18.1. The number of aromatic amines is 1. The topological polar surface area (TPSA) is 105 Å². The summed E-state index contributed by atoms with van der Waals surface area (Å²) < 4.78 is 21.4. The third-order valence-electron chi connectivity index (χ3n) is 5.93. The summed E-state index contributed by atoms with van der Waals surface area (Å²) in [7, 11) is 0. The highest BCUT2D eigenvalue weighted by Gasteiger charge is 2.33. The van der Waals surface area contributed by atoms with Gasteiger partial charge in [-0.3, -0.25) is 9.48 Å². The highest BCUT2D eigenvalue weighted by molar-refractivity contribution is 5.91. The molecule has 1 amide bonds. The van der Waals surface area contributed by atoms with E-state index < -0.39 is 17.5 Å². The number of hydrogen-bond acceptors (Lipinski definition) is 5. The number of aromatic nitrogens is 3. The zero-order valence-corrected chi connectivity index (χ0v) is 20.0. The monoisotopic (exact) mass is 480 g/mol. The zero-order valence-electron chi connectivity index (χ0n) is 20.0. The lowest BCUT2D eigenvalue weighted by atomic mass is 9.91. The molecular formula is C25H29FN6O3. The van der Waals surface area contributed by atoms with E-state index in [1.54, 1.807) is 43.8 Å². The van der Waals surface area contributed by atoms with Crippen LogP contribution in [0.5, 0.6) is 0 Å². The van der Waals surface area contributed by atoms with E-state index in [9.17, 15) is 14.0 Å². The Morgan fingerprint density at radius 1 is 1.31 bits per heavy atom. The molecule has 0 aliphatic heterocycles. The Morgan fingerprint density at radius 3 is 2.83 bits per heavy atom. The van der Waals surface area contributed by atoms with Crippen LogP contribution in [0.15, 0.2) is 35.3 Å². The van der Waals surface area contributed by atoms with Crippen molar-refractivity contribution >= 4 is 28.5 Å². The van der Waals surface area contributed by atoms with Gasteiger partial charge in [0.15, 0.2) is 5.82 Å². The Labute approximate surface area is 202 Å². The predicted molar refractivity (Wildman–Crippen MR) is 131 cm³/mol. The summed E-state index contributed by atoms with van der Waals surface area (Å²) in [5.74, 6) is -0.157. The van der Waals surface area contributed by atoms with Gasteiger partial charge in [0.25, 0.3) is 5.56 Å². The molecule has 35 heavy (non-hydrogen) atoms. The Bertz CT molecular complexity index is 1330. The molecule has 1 saturated carbocycles. The van der Waals surface area contributed by atoms with E-state index >= 15 is 0 Å². The van der Waals surface area contributed by atoms with E-state index in [4.69, 9.17) is 16.4 Å². The van der Waals surface area contributed by atoms with Gasteiger partial charge in [0.1, 0.15) is 22.8 Å². The summed E-state index contributed by atoms with van der Waals surface area (Å²) in [5, 5.41) is 10.8. The first-order valence-electron chi connectivity index (χ1n) is 11.6. The van der Waals surface area contributed by atoms with Gasteiger partial charge >= 0.3 is 6.09 Å². The third kappa shape index (κ3) is 5.45. The number of carbonyl (C=O) groups excluding carboxylic acids is 1. The average Bonchev–Trinajstić information content (AvgIpc) is 3.17. The first kappa shape index (κ1) is 24.3. The number of carbonyl (C=O) groups is 1. The standard InChI is InChI=1S/C25H29FN6O3/c1-25(2,3)35-24(34)29-14-15-13-16(9-10-17(15)26)30-22-21-20(11-12-28-23(21)33)32(31-22)19-8-6-5-7-18(19)27-4/h9-13,18-19H,5-8,14H2,1-3H3,(H,28,33)(H,29,34)(H,30,31)/t18-,19-/m0/s1. The van der Waals surface area contributed by atoms with Crippen LogP contribution in [0.4, 0.5) is 20.7 Å². The van der Waals surface area contributed by atoms with Gasteiger partial charge in [-0.25, -0.2) is 15.8 Å². The summed E-state index contributed by atoms with van der Waals surface area (Å²) in [4.78, 5) is 31.2. The molecule has 0 saturated heterocycles. The number of fused-ring (bicyclic) bond motifs is 1. The van der Waals surface area contributed by atoms with Crippen LogP contribution < -0.4 is 16.2 Å². The first-order valence-corrected chi connectivity index (χ1v) is 11.6. The van der Waals surface area contributed by atoms with E-state index in [2.05, 4.69) is 20.5 Å². The number of H-pyrrole nitrogens is 1. The Balaban J connectivity index is 1.63. The van der Waals surface area contributed by atoms with Gasteiger partial charge in [-0.2, -0.15) is 5.10 Å². The Hall–Kier alpha value is -3.87. The van der Waals surface area contributed by atoms with E-state index in [1.165, 1.54) is 12.1 Å². The number of rotatable bonds is 5. The van der Waals surface area contributed by atoms with Crippen molar-refractivity contribution in [3.05, 3.63) is 63.6 Å². The predicted octanol–water partition coefficient (Wildman–Crippen LogP) is 5.03. The fourth-order valence-electron chi connectivity index (χ4n) is 4.37. The van der Waals surface area contributed by atoms with Crippen molar-refractivity contribution in [1.29, 1.82) is 0 Å². The quantitative estimate of drug-likeness (QED) is 0.444. The minimum absolute atomic E-state index is 0.0687. The SMILES string of the molecule is [C-]#[N+][C@H]1CCCC[C@@H]1n1nc(Nc2ccc(F)c(CNC(=O)OC(C)(C)C)c2)c2c(=O)[nH]ccc21. The number of pyridine rings is 1. The van der Waals surface area contributed by atoms with Gasteiger partial charge in [0.2, 0.25) is 6.04 Å². The van der Waals surface area contributed by atoms with Gasteiger partial charge in [0.05, 0.1) is 5.52 Å². The number of halogens is 1. The molecule has 1 aliphatic carbocycles. The lowest BCUT2D eigenvalue weighted by Crippen LogP contribution is -2.32. The van der Waals surface area contributed by atoms with Crippen molar-refractivity contribution in [3.8, 4) is 0 Å². The lowest BCUT2D eigenvalue weighted by molar-refractivity contribution is 0.0523. The van der Waals surface area contributed by atoms with Gasteiger partial charge in [-0.05, 0) is 57.9 Å². The molecule has 3 N–H and O–H groups in total. The van der Waals surface area contributed by atoms with Gasteiger partial charge in [0, 0.05) is 30.4 Å². The molecule has 0 spiro atoms. The smallest absolute Gasteiger partial charge is 0.407 e. The fraction of sp³-hybridized carbons (Fsp3) is 0.440. The van der Waals surface area contributed by atoms with Crippen molar-refractivity contribution in [3.63, 3.8) is 0 Å². The molecule has 2 aromatic heterocycles. The summed E-state index contributed by atoms with van der Waals surface area (Å²) in [5.41, 5.74) is 0.432. The second-order valence-electron chi connectivity index (χ2n) is 9.70. The van der Waals surface area contributed by atoms with Crippen LogP contribution in [-0.2, 0) is 11.3 Å². The minimum Gasteiger partial charge on any atom is -0.444 e. The van der Waals surface area contributed by atoms with E-state index in [-0.39, 0.29) is 29.8 Å². The molecule has 2 heterocycles. The van der Waals surface area contributed by atoms with E-state index in [1.807, 2.05) is 0 Å². The number of anilines is 2. The van der Waals surface area contributed by atoms with Crippen molar-refractivity contribution in [2.75, 3.05) is 5.32 Å². The van der Waals surface area contributed by atoms with Crippen LogP contribution in [0, 0.1) is 12.4 Å². The number of nitrogens with zero attached hydrogens (tertiary/aromatic N) is 3. The molecule has 1 aliphatic rings. The minimum atomic E-state index is -0.663. The molecule has 9 nitrogen and oxygen atoms in total. The molecular weight excluding hydrogens is 451 g/mol. The van der Waals surface area contributed by atoms with Crippen LogP contribution in [0.25, 0.3) is 15.7 Å². The maximum Gasteiger partial charge on any atom is 0.407 e. The number of benzene rings is 1. The van der Waals surface area contributed by atoms with Gasteiger partial charge in [-0.1, -0.05) is 6.42 Å². The van der Waals surface area contributed by atoms with Crippen LogP contribution in [0.1, 0.15) is 58.1 Å². The Morgan fingerprint density at radius 2 is 2.09 bits per heavy atom. The van der Waals surface area contributed by atoms with Gasteiger partial charge in [-0.15, -0.1) is 0 Å². The summed E-state index contributed by atoms with van der Waals surface area (Å²) in [6, 6.07) is 5.84. The maximum absolute atomic E-state index is 14.4. The molecule has 4 rings (SSSR count). The van der Waals surface area contributed by atoms with Crippen LogP contribution in [0.3, 0.4) is 0 Å². The third-order valence-corrected chi connectivity index (χ3v) is 5.93. The van der Waals surface area contributed by atoms with Crippen LogP contribution in [-0.4, -0.2) is 32.5 Å². The van der Waals surface area contributed by atoms with Crippen molar-refractivity contribution in [2.45, 2.75) is 70.7 Å². The maximum atomic E-state index is 14.4. The van der Waals surface area contributed by atoms with Crippen molar-refractivity contribution in [2.24, 2.45) is 0 Å². The van der Waals surface area contributed by atoms with E-state index in [0.29, 0.717) is 22.4 Å². The summed E-state index contributed by atoms with van der Waals surface area (Å²) in [6.07, 6.45) is 4.54. The summed E-state index contributed by atoms with van der Waals surface area (Å²) in [6.45, 7) is 12.8. The number of hydrogen-bond donors (Lipinski definition) is 3. The second-order valence-corrected chi connectivity index (χ2v) is 9.70. The molecule has 10 heteroatoms. The zero-order chi connectivity index (χ0) is 25.2. The summed E-state index contributed by atoms with van der Waals surface area (Å²) >= 11 is 0. The average molecular weight is 481 g/mol. The lowest BCUT2D eigenvalue weighted by Gasteiger charge is -2.24. The molecule has 184 valence electrons. The van der Waals surface area contributed by atoms with Crippen LogP contribution >= 0.6 is 0 Å². The van der Waals surface area contributed by atoms with Crippen molar-refractivity contribution in [1.82, 2.24) is 20.1 Å². The molecule has 2 atom stereocenters. The Kier molecular flexibility index (Phi) is 6.78. The molecule has 1 fully saturated rings. The van der Waals surface area contributed by atoms with Crippen molar-refractivity contribution < 1.29 is 13.9 Å². The molecule has 1 aromatic carbocycles. The highest BCUT2D eigenvalue weighted by Crippen LogP contribution is 2.35. The number of nitrogens with one attached hydrogen (secondary N) is 3. The fourth-order valence-corrected chi connectivity index (χ4v) is 4.37. The molecule has 3 aromatic rings.